The molecule has 0 aliphatic rings. The number of fused-ring (bicyclic) bond motifs is 1. The predicted octanol–water partition coefficient (Wildman–Crippen LogP) is 2.94. The molecule has 0 bridgehead atoms. The first-order chi connectivity index (χ1) is 10.5. The predicted molar refractivity (Wildman–Crippen MR) is 91.1 cm³/mol. The van der Waals surface area contributed by atoms with Gasteiger partial charge in [0.05, 0.1) is 7.05 Å². The molecule has 5 heteroatoms. The lowest BCUT2D eigenvalue weighted by Crippen LogP contribution is -2.18. The molecule has 1 N–H and O–H groups in total. The summed E-state index contributed by atoms with van der Waals surface area (Å²) < 4.78 is 2.71. The van der Waals surface area contributed by atoms with Gasteiger partial charge < -0.3 is 5.32 Å². The molecular formula is C17H17N2O2S+. The van der Waals surface area contributed by atoms with Crippen LogP contribution in [-0.4, -0.2) is 16.9 Å². The largest absolute Gasteiger partial charge is 0.355 e. The topological polar surface area (TPSA) is 51.1 Å². The number of amides is 1. The Bertz CT molecular complexity index is 937. The normalized spacial score (nSPS) is 11.7. The zero-order valence-electron chi connectivity index (χ0n) is 12.7. The van der Waals surface area contributed by atoms with Crippen molar-refractivity contribution in [3.8, 4) is 4.90 Å². The van der Waals surface area contributed by atoms with Crippen molar-refractivity contribution in [2.24, 2.45) is 7.05 Å². The zero-order valence-corrected chi connectivity index (χ0v) is 13.5. The van der Waals surface area contributed by atoms with E-state index in [1.165, 1.54) is 0 Å². The Morgan fingerprint density at radius 3 is 2.64 bits per heavy atom. The fraction of sp³-hybridized carbons (Fsp3) is 0.176. The number of hydrogen-bond donors (Lipinski definition) is 1. The smallest absolute Gasteiger partial charge is 0.304 e. The van der Waals surface area contributed by atoms with Crippen LogP contribution in [0, 0.1) is 6.92 Å². The van der Waals surface area contributed by atoms with Gasteiger partial charge in [0, 0.05) is 19.2 Å². The number of carbonyl (C=O) groups is 1. The highest BCUT2D eigenvalue weighted by Crippen LogP contribution is 2.39. The van der Waals surface area contributed by atoms with Gasteiger partial charge in [-0.2, -0.15) is 0 Å². The summed E-state index contributed by atoms with van der Waals surface area (Å²) in [7, 11) is 2.85. The fourth-order valence-corrected chi connectivity index (χ4v) is 4.82. The van der Waals surface area contributed by atoms with Crippen molar-refractivity contribution in [2.45, 2.75) is 6.92 Å². The maximum absolute atomic E-state index is 12.5. The number of carbonyl (C=O) groups excluding carboxylic acids is 1. The highest BCUT2D eigenvalue weighted by atomic mass is 32.2. The second-order valence-corrected chi connectivity index (χ2v) is 7.16. The molecule has 1 unspecified atom stereocenters. The molecule has 1 heterocycles. The summed E-state index contributed by atoms with van der Waals surface area (Å²) in [5.74, 6) is -0.135. The SMILES string of the molecule is CNC(=O)c1ccccc1-[s+]1c2ccc(C)cc2c(=O)n1C. The molecule has 2 aromatic carbocycles. The minimum Gasteiger partial charge on any atom is -0.355 e. The summed E-state index contributed by atoms with van der Waals surface area (Å²) in [6.07, 6.45) is 0. The van der Waals surface area contributed by atoms with Crippen LogP contribution in [0.5, 0.6) is 0 Å². The number of aromatic nitrogens is 1. The Balaban J connectivity index is 2.40. The highest BCUT2D eigenvalue weighted by molar-refractivity contribution is 7.41. The lowest BCUT2D eigenvalue weighted by Gasteiger charge is -2.02. The Labute approximate surface area is 131 Å². The van der Waals surface area contributed by atoms with E-state index in [4.69, 9.17) is 0 Å². The molecule has 1 aromatic heterocycles. The van der Waals surface area contributed by atoms with Crippen molar-refractivity contribution in [1.29, 1.82) is 0 Å². The van der Waals surface area contributed by atoms with Crippen molar-refractivity contribution >= 4 is 26.7 Å². The minimum absolute atomic E-state index is 0.00810. The summed E-state index contributed by atoms with van der Waals surface area (Å²) in [6.45, 7) is 1.97. The minimum atomic E-state index is -0.560. The summed E-state index contributed by atoms with van der Waals surface area (Å²) in [4.78, 5) is 25.5. The molecule has 4 nitrogen and oxygen atoms in total. The molecule has 112 valence electrons. The monoisotopic (exact) mass is 313 g/mol. The fourth-order valence-electron chi connectivity index (χ4n) is 2.60. The second kappa shape index (κ2) is 5.42. The molecular weight excluding hydrogens is 296 g/mol. The molecule has 0 aliphatic carbocycles. The number of hydrogen-bond acceptors (Lipinski definition) is 2. The van der Waals surface area contributed by atoms with E-state index in [2.05, 4.69) is 5.32 Å². The molecule has 0 spiro atoms. The first-order valence-electron chi connectivity index (χ1n) is 6.99. The van der Waals surface area contributed by atoms with Crippen LogP contribution in [0.25, 0.3) is 15.0 Å². The zero-order chi connectivity index (χ0) is 15.9. The Hall–Kier alpha value is -2.40. The van der Waals surface area contributed by atoms with Crippen molar-refractivity contribution < 1.29 is 4.79 Å². The maximum Gasteiger partial charge on any atom is 0.304 e. The van der Waals surface area contributed by atoms with Gasteiger partial charge in [0.25, 0.3) is 5.91 Å². The molecule has 1 atom stereocenters. The van der Waals surface area contributed by atoms with Crippen molar-refractivity contribution in [3.05, 3.63) is 63.9 Å². The lowest BCUT2D eigenvalue weighted by molar-refractivity contribution is 0.0964. The van der Waals surface area contributed by atoms with E-state index in [9.17, 15) is 9.59 Å². The van der Waals surface area contributed by atoms with Crippen LogP contribution < -0.4 is 10.9 Å². The van der Waals surface area contributed by atoms with Crippen LogP contribution in [0.2, 0.25) is 0 Å². The van der Waals surface area contributed by atoms with Crippen LogP contribution in [0.3, 0.4) is 0 Å². The van der Waals surface area contributed by atoms with Gasteiger partial charge in [0.2, 0.25) is 9.60 Å². The molecule has 3 aromatic rings. The summed E-state index contributed by atoms with van der Waals surface area (Å²) in [5.41, 5.74) is 1.68. The van der Waals surface area contributed by atoms with E-state index in [1.54, 1.807) is 24.1 Å². The van der Waals surface area contributed by atoms with Gasteiger partial charge in [0.1, 0.15) is 21.6 Å². The third kappa shape index (κ3) is 2.14. The third-order valence-electron chi connectivity index (χ3n) is 3.70. The number of benzene rings is 2. The van der Waals surface area contributed by atoms with Gasteiger partial charge in [-0.3, -0.25) is 9.59 Å². The van der Waals surface area contributed by atoms with Crippen LogP contribution in [0.15, 0.2) is 47.3 Å². The van der Waals surface area contributed by atoms with E-state index >= 15 is 0 Å². The summed E-state index contributed by atoms with van der Waals surface area (Å²) in [5, 5.41) is 3.40. The van der Waals surface area contributed by atoms with Crippen LogP contribution in [0.1, 0.15) is 15.9 Å². The van der Waals surface area contributed by atoms with E-state index in [0.717, 1.165) is 20.5 Å². The van der Waals surface area contributed by atoms with Crippen molar-refractivity contribution in [2.75, 3.05) is 7.05 Å². The lowest BCUT2D eigenvalue weighted by atomic mass is 10.2. The highest BCUT2D eigenvalue weighted by Gasteiger charge is 2.28. The third-order valence-corrected chi connectivity index (χ3v) is 5.96. The van der Waals surface area contributed by atoms with Gasteiger partial charge in [0.15, 0.2) is 0 Å². The van der Waals surface area contributed by atoms with Gasteiger partial charge in [-0.25, -0.2) is 0 Å². The number of nitrogens with one attached hydrogen (secondary N) is 1. The quantitative estimate of drug-likeness (QED) is 0.740. The first-order valence-corrected chi connectivity index (χ1v) is 8.17. The Morgan fingerprint density at radius 1 is 1.18 bits per heavy atom. The molecule has 22 heavy (non-hydrogen) atoms. The number of nitrogens with zero attached hydrogens (tertiary/aromatic N) is 1. The van der Waals surface area contributed by atoms with Crippen LogP contribution in [0.4, 0.5) is 0 Å². The van der Waals surface area contributed by atoms with E-state index < -0.39 is 10.7 Å². The summed E-state index contributed by atoms with van der Waals surface area (Å²) >= 11 is 0. The average molecular weight is 313 g/mol. The molecule has 0 fully saturated rings. The van der Waals surface area contributed by atoms with Gasteiger partial charge in [-0.15, -0.1) is 3.96 Å². The van der Waals surface area contributed by atoms with E-state index in [1.807, 2.05) is 43.3 Å². The maximum atomic E-state index is 12.5. The van der Waals surface area contributed by atoms with Crippen molar-refractivity contribution in [1.82, 2.24) is 9.27 Å². The molecule has 0 saturated carbocycles. The molecule has 1 amide bonds. The average Bonchev–Trinajstić information content (AvgIpc) is 2.78. The van der Waals surface area contributed by atoms with E-state index in [-0.39, 0.29) is 11.5 Å². The van der Waals surface area contributed by atoms with Crippen LogP contribution >= 0.6 is 10.7 Å². The molecule has 0 saturated heterocycles. The summed E-state index contributed by atoms with van der Waals surface area (Å²) in [6, 6.07) is 13.4. The van der Waals surface area contributed by atoms with Crippen molar-refractivity contribution in [3.63, 3.8) is 0 Å². The van der Waals surface area contributed by atoms with Gasteiger partial charge >= 0.3 is 5.56 Å². The first kappa shape index (κ1) is 14.5. The van der Waals surface area contributed by atoms with Gasteiger partial charge in [-0.05, 0) is 24.6 Å². The Kier molecular flexibility index (Phi) is 3.58. The van der Waals surface area contributed by atoms with Gasteiger partial charge in [-0.1, -0.05) is 18.2 Å². The molecule has 0 radical (unpaired) electrons. The second-order valence-electron chi connectivity index (χ2n) is 5.16. The van der Waals surface area contributed by atoms with E-state index in [0.29, 0.717) is 5.56 Å². The molecule has 3 rings (SSSR count). The van der Waals surface area contributed by atoms with Crippen LogP contribution in [-0.2, 0) is 7.05 Å². The molecule has 0 aliphatic heterocycles. The standard InChI is InChI=1S/C17H16N2O2S/c1-11-8-9-15-13(10-11)17(21)19(3)22(15)14-7-5-4-6-12(14)16(20)18-2/h4-10H,1-3H3/p+1. The number of rotatable bonds is 2. The Morgan fingerprint density at radius 2 is 1.91 bits per heavy atom. The number of aryl methyl sites for hydroxylation is 1.